The van der Waals surface area contributed by atoms with E-state index in [2.05, 4.69) is 31.3 Å². The van der Waals surface area contributed by atoms with Gasteiger partial charge in [-0.05, 0) is 18.9 Å². The van der Waals surface area contributed by atoms with Gasteiger partial charge in [0, 0.05) is 18.2 Å². The van der Waals surface area contributed by atoms with E-state index in [1.165, 1.54) is 31.2 Å². The lowest BCUT2D eigenvalue weighted by atomic mass is 10.2. The highest BCUT2D eigenvalue weighted by Crippen LogP contribution is 2.21. The molecule has 112 valence electrons. The van der Waals surface area contributed by atoms with Crippen molar-refractivity contribution in [1.29, 1.82) is 0 Å². The van der Waals surface area contributed by atoms with Crippen molar-refractivity contribution >= 4 is 0 Å². The molecule has 1 fully saturated rings. The van der Waals surface area contributed by atoms with Gasteiger partial charge in [0.05, 0.1) is 12.7 Å². The average Bonchev–Trinajstić information content (AvgIpc) is 2.95. The second-order valence-electron chi connectivity index (χ2n) is 5.77. The molecule has 0 bridgehead atoms. The van der Waals surface area contributed by atoms with Gasteiger partial charge in [0.15, 0.2) is 0 Å². The van der Waals surface area contributed by atoms with Crippen molar-refractivity contribution in [3.8, 4) is 5.75 Å². The van der Waals surface area contributed by atoms with Crippen molar-refractivity contribution in [3.05, 3.63) is 29.8 Å². The van der Waals surface area contributed by atoms with E-state index in [0.29, 0.717) is 25.4 Å². The third kappa shape index (κ3) is 5.14. The minimum atomic E-state index is 0.469. The van der Waals surface area contributed by atoms with Crippen LogP contribution in [0.1, 0.15) is 45.1 Å². The molecular weight excluding hydrogens is 250 g/mol. The molecule has 0 aromatic heterocycles. The number of benzene rings is 1. The monoisotopic (exact) mass is 277 g/mol. The largest absolute Gasteiger partial charge is 0.491 e. The third-order valence-corrected chi connectivity index (χ3v) is 3.67. The molecule has 1 aliphatic carbocycles. The molecule has 0 unspecified atom stereocenters. The summed E-state index contributed by atoms with van der Waals surface area (Å²) < 4.78 is 11.7. The molecule has 1 N–H and O–H groups in total. The summed E-state index contributed by atoms with van der Waals surface area (Å²) in [7, 11) is 0. The Balaban J connectivity index is 1.73. The molecule has 1 aliphatic rings. The van der Waals surface area contributed by atoms with Crippen LogP contribution in [0, 0.1) is 0 Å². The van der Waals surface area contributed by atoms with Crippen LogP contribution in [0.15, 0.2) is 24.3 Å². The highest BCUT2D eigenvalue weighted by atomic mass is 16.5. The van der Waals surface area contributed by atoms with E-state index in [4.69, 9.17) is 9.47 Å². The Morgan fingerprint density at radius 1 is 1.15 bits per heavy atom. The van der Waals surface area contributed by atoms with Gasteiger partial charge >= 0.3 is 0 Å². The van der Waals surface area contributed by atoms with Gasteiger partial charge < -0.3 is 14.8 Å². The highest BCUT2D eigenvalue weighted by Gasteiger charge is 2.14. The fourth-order valence-corrected chi connectivity index (χ4v) is 2.53. The minimum absolute atomic E-state index is 0.469. The standard InChI is InChI=1S/C17H27NO2/c1-14(2)18-13-15-7-3-6-10-17(15)20-12-11-19-16-8-4-5-9-16/h3,6-7,10,14,16,18H,4-5,8-9,11-13H2,1-2H3. The number of rotatable bonds is 8. The molecule has 0 amide bonds. The Morgan fingerprint density at radius 2 is 1.90 bits per heavy atom. The van der Waals surface area contributed by atoms with Crippen molar-refractivity contribution in [2.24, 2.45) is 0 Å². The summed E-state index contributed by atoms with van der Waals surface area (Å²) >= 11 is 0. The molecule has 0 saturated heterocycles. The fraction of sp³-hybridized carbons (Fsp3) is 0.647. The van der Waals surface area contributed by atoms with E-state index >= 15 is 0 Å². The van der Waals surface area contributed by atoms with Crippen LogP contribution in [0.2, 0.25) is 0 Å². The number of hydrogen-bond donors (Lipinski definition) is 1. The van der Waals surface area contributed by atoms with E-state index in [-0.39, 0.29) is 0 Å². The number of ether oxygens (including phenoxy) is 2. The fourth-order valence-electron chi connectivity index (χ4n) is 2.53. The maximum Gasteiger partial charge on any atom is 0.123 e. The molecule has 20 heavy (non-hydrogen) atoms. The van der Waals surface area contributed by atoms with E-state index in [1.807, 2.05) is 12.1 Å². The second-order valence-corrected chi connectivity index (χ2v) is 5.77. The van der Waals surface area contributed by atoms with Crippen molar-refractivity contribution < 1.29 is 9.47 Å². The summed E-state index contributed by atoms with van der Waals surface area (Å²) in [6.07, 6.45) is 5.53. The van der Waals surface area contributed by atoms with Crippen LogP contribution >= 0.6 is 0 Å². The first-order chi connectivity index (χ1) is 9.75. The molecule has 2 rings (SSSR count). The summed E-state index contributed by atoms with van der Waals surface area (Å²) in [6, 6.07) is 8.70. The molecule has 0 atom stereocenters. The van der Waals surface area contributed by atoms with Gasteiger partial charge in [-0.3, -0.25) is 0 Å². The Labute approximate surface area is 122 Å². The smallest absolute Gasteiger partial charge is 0.123 e. The van der Waals surface area contributed by atoms with Gasteiger partial charge in [0.1, 0.15) is 12.4 Å². The van der Waals surface area contributed by atoms with Gasteiger partial charge in [-0.15, -0.1) is 0 Å². The minimum Gasteiger partial charge on any atom is -0.491 e. The summed E-state index contributed by atoms with van der Waals surface area (Å²) in [5, 5.41) is 3.43. The predicted molar refractivity (Wildman–Crippen MR) is 82.1 cm³/mol. The van der Waals surface area contributed by atoms with Crippen LogP contribution in [0.25, 0.3) is 0 Å². The van der Waals surface area contributed by atoms with E-state index in [9.17, 15) is 0 Å². The average molecular weight is 277 g/mol. The summed E-state index contributed by atoms with van der Waals surface area (Å²) in [5.41, 5.74) is 1.21. The van der Waals surface area contributed by atoms with E-state index in [1.54, 1.807) is 0 Å². The van der Waals surface area contributed by atoms with Crippen molar-refractivity contribution in [2.75, 3.05) is 13.2 Å². The zero-order chi connectivity index (χ0) is 14.2. The van der Waals surface area contributed by atoms with Crippen LogP contribution in [0.5, 0.6) is 5.75 Å². The molecule has 0 aliphatic heterocycles. The maximum atomic E-state index is 5.86. The molecule has 0 spiro atoms. The summed E-state index contributed by atoms with van der Waals surface area (Å²) in [4.78, 5) is 0. The Kier molecular flexibility index (Phi) is 6.34. The van der Waals surface area contributed by atoms with Gasteiger partial charge in [-0.1, -0.05) is 44.9 Å². The van der Waals surface area contributed by atoms with E-state index in [0.717, 1.165) is 12.3 Å². The number of hydrogen-bond acceptors (Lipinski definition) is 3. The lowest BCUT2D eigenvalue weighted by molar-refractivity contribution is 0.0380. The maximum absolute atomic E-state index is 5.86. The lowest BCUT2D eigenvalue weighted by Crippen LogP contribution is -2.22. The van der Waals surface area contributed by atoms with Crippen molar-refractivity contribution in [3.63, 3.8) is 0 Å². The third-order valence-electron chi connectivity index (χ3n) is 3.67. The number of nitrogens with one attached hydrogen (secondary N) is 1. The summed E-state index contributed by atoms with van der Waals surface area (Å²) in [6.45, 7) is 6.47. The van der Waals surface area contributed by atoms with Crippen LogP contribution in [0.3, 0.4) is 0 Å². The normalized spacial score (nSPS) is 15.9. The lowest BCUT2D eigenvalue weighted by Gasteiger charge is -2.15. The molecule has 3 heteroatoms. The Bertz CT molecular complexity index is 386. The van der Waals surface area contributed by atoms with Gasteiger partial charge in [0.25, 0.3) is 0 Å². The quantitative estimate of drug-likeness (QED) is 0.737. The van der Waals surface area contributed by atoms with Crippen LogP contribution < -0.4 is 10.1 Å². The molecule has 1 aromatic carbocycles. The van der Waals surface area contributed by atoms with Gasteiger partial charge in [0.2, 0.25) is 0 Å². The molecule has 1 saturated carbocycles. The first-order valence-corrected chi connectivity index (χ1v) is 7.81. The number of para-hydroxylation sites is 1. The zero-order valence-electron chi connectivity index (χ0n) is 12.7. The van der Waals surface area contributed by atoms with Crippen LogP contribution in [-0.4, -0.2) is 25.4 Å². The SMILES string of the molecule is CC(C)NCc1ccccc1OCCOC1CCCC1. The molecule has 1 aromatic rings. The van der Waals surface area contributed by atoms with Gasteiger partial charge in [-0.25, -0.2) is 0 Å². The predicted octanol–water partition coefficient (Wildman–Crippen LogP) is 3.52. The summed E-state index contributed by atoms with van der Waals surface area (Å²) in [5.74, 6) is 0.968. The molecule has 3 nitrogen and oxygen atoms in total. The first kappa shape index (κ1) is 15.3. The molecule has 0 heterocycles. The first-order valence-electron chi connectivity index (χ1n) is 7.81. The molecule has 0 radical (unpaired) electrons. The Morgan fingerprint density at radius 3 is 2.65 bits per heavy atom. The van der Waals surface area contributed by atoms with Crippen LogP contribution in [-0.2, 0) is 11.3 Å². The van der Waals surface area contributed by atoms with E-state index < -0.39 is 0 Å². The van der Waals surface area contributed by atoms with Crippen molar-refractivity contribution in [1.82, 2.24) is 5.32 Å². The molecular formula is C17H27NO2. The van der Waals surface area contributed by atoms with Crippen LogP contribution in [0.4, 0.5) is 0 Å². The zero-order valence-corrected chi connectivity index (χ0v) is 12.7. The highest BCUT2D eigenvalue weighted by molar-refractivity contribution is 5.33. The Hall–Kier alpha value is -1.06. The second kappa shape index (κ2) is 8.28. The van der Waals surface area contributed by atoms with Crippen molar-refractivity contribution in [2.45, 2.75) is 58.2 Å². The van der Waals surface area contributed by atoms with Gasteiger partial charge in [-0.2, -0.15) is 0 Å². The topological polar surface area (TPSA) is 30.5 Å².